The van der Waals surface area contributed by atoms with Gasteiger partial charge in [0.2, 0.25) is 5.91 Å². The molecule has 0 fully saturated rings. The fourth-order valence-electron chi connectivity index (χ4n) is 3.26. The summed E-state index contributed by atoms with van der Waals surface area (Å²) in [6.07, 6.45) is 0.168. The van der Waals surface area contributed by atoms with Crippen molar-refractivity contribution in [1.29, 1.82) is 0 Å². The van der Waals surface area contributed by atoms with E-state index in [0.717, 1.165) is 0 Å². The van der Waals surface area contributed by atoms with Crippen LogP contribution in [0, 0.1) is 5.92 Å². The molecule has 0 spiro atoms. The lowest BCUT2D eigenvalue weighted by atomic mass is 10.0. The average molecular weight is 506 g/mol. The summed E-state index contributed by atoms with van der Waals surface area (Å²) in [7, 11) is 0. The number of nitrogens with zero attached hydrogens (tertiary/aromatic N) is 1. The van der Waals surface area contributed by atoms with Crippen LogP contribution in [0.5, 0.6) is 0 Å². The summed E-state index contributed by atoms with van der Waals surface area (Å²) in [6.45, 7) is 3.17. The maximum Gasteiger partial charge on any atom is 0.355 e. The van der Waals surface area contributed by atoms with E-state index >= 15 is 0 Å². The zero-order chi connectivity index (χ0) is 25.0. The quantitative estimate of drug-likeness (QED) is 0.531. The Morgan fingerprint density at radius 3 is 2.21 bits per heavy atom. The van der Waals surface area contributed by atoms with Crippen LogP contribution < -0.4 is 10.6 Å². The van der Waals surface area contributed by atoms with E-state index in [1.165, 1.54) is 30.3 Å². The van der Waals surface area contributed by atoms with Crippen LogP contribution in [0.4, 0.5) is 0 Å². The van der Waals surface area contributed by atoms with E-state index in [-0.39, 0.29) is 34.1 Å². The molecule has 2 aromatic carbocycles. The van der Waals surface area contributed by atoms with E-state index < -0.39 is 42.2 Å². The van der Waals surface area contributed by atoms with Gasteiger partial charge in [0.05, 0.1) is 28.3 Å². The van der Waals surface area contributed by atoms with Gasteiger partial charge in [0.25, 0.3) is 17.7 Å². The average Bonchev–Trinajstić information content (AvgIpc) is 3.03. The molecule has 0 aromatic heterocycles. The van der Waals surface area contributed by atoms with E-state index in [2.05, 4.69) is 10.6 Å². The van der Waals surface area contributed by atoms with E-state index in [0.29, 0.717) is 10.1 Å². The number of nitrogens with one attached hydrogen (secondary N) is 2. The van der Waals surface area contributed by atoms with Gasteiger partial charge in [-0.25, -0.2) is 4.79 Å². The Balaban J connectivity index is 1.63. The minimum Gasteiger partial charge on any atom is -0.343 e. The summed E-state index contributed by atoms with van der Waals surface area (Å²) >= 11 is 11.9. The third kappa shape index (κ3) is 5.73. The van der Waals surface area contributed by atoms with Crippen molar-refractivity contribution in [3.05, 3.63) is 69.2 Å². The summed E-state index contributed by atoms with van der Waals surface area (Å²) in [5.74, 6) is -3.88. The van der Waals surface area contributed by atoms with Gasteiger partial charge in [-0.1, -0.05) is 54.2 Å². The molecule has 178 valence electrons. The largest absolute Gasteiger partial charge is 0.355 e. The Labute approximate surface area is 205 Å². The maximum atomic E-state index is 12.8. The minimum absolute atomic E-state index is 0.0418. The number of imide groups is 1. The van der Waals surface area contributed by atoms with Crippen molar-refractivity contribution in [3.8, 4) is 0 Å². The van der Waals surface area contributed by atoms with Crippen LogP contribution in [0.15, 0.2) is 42.5 Å². The maximum absolute atomic E-state index is 12.8. The third-order valence-electron chi connectivity index (χ3n) is 4.85. The molecular formula is C23H21Cl2N3O6. The number of carbonyl (C=O) groups excluding carboxylic acids is 5. The second-order valence-corrected chi connectivity index (χ2v) is 8.76. The first-order valence-electron chi connectivity index (χ1n) is 10.3. The molecule has 0 radical (unpaired) electrons. The Morgan fingerprint density at radius 1 is 1.00 bits per heavy atom. The van der Waals surface area contributed by atoms with E-state index in [4.69, 9.17) is 28.0 Å². The molecule has 34 heavy (non-hydrogen) atoms. The summed E-state index contributed by atoms with van der Waals surface area (Å²) in [5.41, 5.74) is 0.324. The molecule has 1 atom stereocenters. The first-order chi connectivity index (χ1) is 16.1. The Morgan fingerprint density at radius 2 is 1.62 bits per heavy atom. The smallest absolute Gasteiger partial charge is 0.343 e. The molecule has 0 aliphatic carbocycles. The Kier molecular flexibility index (Phi) is 7.90. The van der Waals surface area contributed by atoms with E-state index in [1.807, 2.05) is 13.8 Å². The van der Waals surface area contributed by atoms with Crippen LogP contribution in [0.25, 0.3) is 0 Å². The van der Waals surface area contributed by atoms with Gasteiger partial charge in [-0.2, -0.15) is 0 Å². The highest BCUT2D eigenvalue weighted by atomic mass is 35.5. The molecule has 4 amide bonds. The molecule has 1 aliphatic heterocycles. The summed E-state index contributed by atoms with van der Waals surface area (Å²) < 4.78 is 0. The van der Waals surface area contributed by atoms with Crippen molar-refractivity contribution in [3.63, 3.8) is 0 Å². The van der Waals surface area contributed by atoms with Crippen LogP contribution >= 0.6 is 23.2 Å². The van der Waals surface area contributed by atoms with E-state index in [9.17, 15) is 24.0 Å². The number of hydroxylamine groups is 2. The van der Waals surface area contributed by atoms with Gasteiger partial charge >= 0.3 is 5.97 Å². The van der Waals surface area contributed by atoms with Gasteiger partial charge in [0, 0.05) is 5.02 Å². The van der Waals surface area contributed by atoms with Crippen molar-refractivity contribution in [2.75, 3.05) is 6.54 Å². The first kappa shape index (κ1) is 25.2. The number of carbonyl (C=O) groups is 5. The predicted molar refractivity (Wildman–Crippen MR) is 123 cm³/mol. The van der Waals surface area contributed by atoms with Crippen LogP contribution in [0.2, 0.25) is 10.0 Å². The van der Waals surface area contributed by atoms with Gasteiger partial charge in [-0.15, -0.1) is 0 Å². The topological polar surface area (TPSA) is 122 Å². The lowest BCUT2D eigenvalue weighted by Gasteiger charge is -2.21. The minimum atomic E-state index is -1.16. The van der Waals surface area contributed by atoms with Crippen LogP contribution in [0.3, 0.4) is 0 Å². The van der Waals surface area contributed by atoms with E-state index in [1.54, 1.807) is 12.1 Å². The first-order valence-corrected chi connectivity index (χ1v) is 11.1. The molecular weight excluding hydrogens is 485 g/mol. The fourth-order valence-corrected chi connectivity index (χ4v) is 3.64. The second-order valence-electron chi connectivity index (χ2n) is 7.92. The molecule has 0 saturated carbocycles. The van der Waals surface area contributed by atoms with Gasteiger partial charge in [0.1, 0.15) is 6.04 Å². The SMILES string of the molecule is CC(C)CC(NC(=O)CNC(=O)c1cc(Cl)ccc1Cl)C(=O)ON1C(=O)c2ccccc2C1=O. The third-order valence-corrected chi connectivity index (χ3v) is 5.41. The summed E-state index contributed by atoms with van der Waals surface area (Å²) in [4.78, 5) is 67.5. The second kappa shape index (κ2) is 10.7. The fraction of sp³-hybridized carbons (Fsp3) is 0.261. The van der Waals surface area contributed by atoms with Gasteiger partial charge in [0.15, 0.2) is 0 Å². The number of halogens is 2. The number of benzene rings is 2. The van der Waals surface area contributed by atoms with Crippen molar-refractivity contribution in [1.82, 2.24) is 15.7 Å². The normalized spacial score (nSPS) is 13.5. The molecule has 3 rings (SSSR count). The number of hydrogen-bond donors (Lipinski definition) is 2. The highest BCUT2D eigenvalue weighted by molar-refractivity contribution is 6.35. The van der Waals surface area contributed by atoms with Gasteiger partial charge in [-0.3, -0.25) is 19.2 Å². The zero-order valence-corrected chi connectivity index (χ0v) is 19.8. The lowest BCUT2D eigenvalue weighted by Crippen LogP contribution is -2.48. The number of hydrogen-bond acceptors (Lipinski definition) is 6. The summed E-state index contributed by atoms with van der Waals surface area (Å²) in [6, 6.07) is 9.24. The summed E-state index contributed by atoms with van der Waals surface area (Å²) in [5, 5.41) is 5.71. The monoisotopic (exact) mass is 505 g/mol. The molecule has 0 bridgehead atoms. The zero-order valence-electron chi connectivity index (χ0n) is 18.3. The predicted octanol–water partition coefficient (Wildman–Crippen LogP) is 3.01. The van der Waals surface area contributed by atoms with Gasteiger partial charge < -0.3 is 15.5 Å². The Hall–Kier alpha value is -3.43. The van der Waals surface area contributed by atoms with Crippen molar-refractivity contribution in [2.45, 2.75) is 26.3 Å². The highest BCUT2D eigenvalue weighted by Crippen LogP contribution is 2.23. The number of fused-ring (bicyclic) bond motifs is 1. The number of amides is 4. The van der Waals surface area contributed by atoms with Gasteiger partial charge in [-0.05, 0) is 42.7 Å². The molecule has 2 N–H and O–H groups in total. The highest BCUT2D eigenvalue weighted by Gasteiger charge is 2.40. The molecule has 9 nitrogen and oxygen atoms in total. The Bertz CT molecular complexity index is 1130. The lowest BCUT2D eigenvalue weighted by molar-refractivity contribution is -0.172. The number of rotatable bonds is 8. The van der Waals surface area contributed by atoms with Crippen LogP contribution in [-0.4, -0.2) is 47.2 Å². The molecule has 11 heteroatoms. The van der Waals surface area contributed by atoms with Crippen LogP contribution in [0.1, 0.15) is 51.3 Å². The van der Waals surface area contributed by atoms with Crippen molar-refractivity contribution < 1.29 is 28.8 Å². The standard InChI is InChI=1S/C23H21Cl2N3O6/c1-12(2)9-18(23(33)34-28-21(31)14-5-3-4-6-15(14)22(28)32)27-19(29)11-26-20(30)16-10-13(24)7-8-17(16)25/h3-8,10,12,18H,9,11H2,1-2H3,(H,26,30)(H,27,29). The molecule has 1 heterocycles. The van der Waals surface area contributed by atoms with Crippen molar-refractivity contribution in [2.24, 2.45) is 5.92 Å². The van der Waals surface area contributed by atoms with Crippen molar-refractivity contribution >= 4 is 52.8 Å². The molecule has 1 aliphatic rings. The molecule has 0 saturated heterocycles. The molecule has 2 aromatic rings. The van der Waals surface area contributed by atoms with Crippen LogP contribution in [-0.2, 0) is 14.4 Å². The molecule has 1 unspecified atom stereocenters.